The minimum atomic E-state index is -0.180. The van der Waals surface area contributed by atoms with E-state index in [9.17, 15) is 4.39 Å². The molecule has 2 aliphatic heterocycles. The van der Waals surface area contributed by atoms with E-state index in [1.165, 1.54) is 32.0 Å². The molecule has 2 aliphatic rings. The third kappa shape index (κ3) is 2.87. The highest BCUT2D eigenvalue weighted by Gasteiger charge is 2.28. The second-order valence-electron chi connectivity index (χ2n) is 5.58. The normalized spacial score (nSPS) is 24.3. The number of alkyl halides is 1. The van der Waals surface area contributed by atoms with Gasteiger partial charge in [-0.3, -0.25) is 4.90 Å². The van der Waals surface area contributed by atoms with Crippen LogP contribution in [0.25, 0.3) is 0 Å². The van der Waals surface area contributed by atoms with Crippen LogP contribution >= 0.6 is 11.6 Å². The fraction of sp³-hybridized carbons (Fsp3) is 0.600. The highest BCUT2D eigenvalue weighted by molar-refractivity contribution is 6.17. The van der Waals surface area contributed by atoms with Gasteiger partial charge in [-0.15, -0.1) is 11.6 Å². The molecule has 19 heavy (non-hydrogen) atoms. The van der Waals surface area contributed by atoms with E-state index >= 15 is 0 Å². The van der Waals surface area contributed by atoms with Gasteiger partial charge in [0.2, 0.25) is 0 Å². The molecule has 104 valence electrons. The highest BCUT2D eigenvalue weighted by atomic mass is 35.5. The number of nitrogens with zero attached hydrogens (tertiary/aromatic N) is 2. The fourth-order valence-corrected chi connectivity index (χ4v) is 3.49. The predicted octanol–water partition coefficient (Wildman–Crippen LogP) is 3.24. The lowest BCUT2D eigenvalue weighted by Crippen LogP contribution is -2.36. The second kappa shape index (κ2) is 5.68. The zero-order chi connectivity index (χ0) is 13.2. The summed E-state index contributed by atoms with van der Waals surface area (Å²) >= 11 is 5.84. The average molecular weight is 283 g/mol. The van der Waals surface area contributed by atoms with Crippen molar-refractivity contribution in [1.29, 1.82) is 0 Å². The van der Waals surface area contributed by atoms with Gasteiger partial charge in [-0.2, -0.15) is 0 Å². The Morgan fingerprint density at radius 1 is 1.16 bits per heavy atom. The zero-order valence-corrected chi connectivity index (χ0v) is 11.9. The summed E-state index contributed by atoms with van der Waals surface area (Å²) in [6.45, 7) is 4.44. The predicted molar refractivity (Wildman–Crippen MR) is 77.4 cm³/mol. The minimum absolute atomic E-state index is 0.180. The Hall–Kier alpha value is -0.800. The van der Waals surface area contributed by atoms with Crippen molar-refractivity contribution in [3.63, 3.8) is 0 Å². The van der Waals surface area contributed by atoms with Crippen LogP contribution in [0.5, 0.6) is 0 Å². The summed E-state index contributed by atoms with van der Waals surface area (Å²) in [5, 5.41) is 0. The first-order chi connectivity index (χ1) is 9.26. The molecule has 0 bridgehead atoms. The molecule has 0 amide bonds. The molecular weight excluding hydrogens is 263 g/mol. The van der Waals surface area contributed by atoms with Gasteiger partial charge in [0, 0.05) is 37.2 Å². The largest absolute Gasteiger partial charge is 0.370 e. The first-order valence-corrected chi connectivity index (χ1v) is 7.64. The average Bonchev–Trinajstić information content (AvgIpc) is 2.75. The van der Waals surface area contributed by atoms with Crippen molar-refractivity contribution in [2.75, 3.05) is 31.1 Å². The lowest BCUT2D eigenvalue weighted by molar-refractivity contribution is 0.273. The molecule has 1 atom stereocenters. The topological polar surface area (TPSA) is 6.48 Å². The van der Waals surface area contributed by atoms with Crippen LogP contribution in [-0.4, -0.2) is 37.1 Å². The second-order valence-corrected chi connectivity index (χ2v) is 5.85. The van der Waals surface area contributed by atoms with Crippen LogP contribution in [-0.2, 0) is 5.88 Å². The molecule has 1 unspecified atom stereocenters. The van der Waals surface area contributed by atoms with Gasteiger partial charge in [-0.25, -0.2) is 4.39 Å². The molecule has 0 aliphatic carbocycles. The van der Waals surface area contributed by atoms with E-state index in [-0.39, 0.29) is 5.82 Å². The quantitative estimate of drug-likeness (QED) is 0.769. The number of benzene rings is 1. The van der Waals surface area contributed by atoms with E-state index in [4.69, 9.17) is 11.6 Å². The van der Waals surface area contributed by atoms with Crippen LogP contribution in [0, 0.1) is 5.82 Å². The van der Waals surface area contributed by atoms with E-state index in [1.807, 2.05) is 6.07 Å². The van der Waals surface area contributed by atoms with Crippen molar-refractivity contribution in [3.05, 3.63) is 29.6 Å². The van der Waals surface area contributed by atoms with Gasteiger partial charge >= 0.3 is 0 Å². The smallest absolute Gasteiger partial charge is 0.125 e. The Labute approximate surface area is 119 Å². The van der Waals surface area contributed by atoms with Crippen molar-refractivity contribution in [1.82, 2.24) is 4.90 Å². The van der Waals surface area contributed by atoms with Crippen LogP contribution in [0.2, 0.25) is 0 Å². The maximum Gasteiger partial charge on any atom is 0.125 e. The van der Waals surface area contributed by atoms with Crippen molar-refractivity contribution < 1.29 is 4.39 Å². The number of hydrogen-bond acceptors (Lipinski definition) is 2. The Morgan fingerprint density at radius 3 is 2.84 bits per heavy atom. The van der Waals surface area contributed by atoms with Crippen LogP contribution in [0.15, 0.2) is 18.2 Å². The van der Waals surface area contributed by atoms with Crippen molar-refractivity contribution >= 4 is 17.3 Å². The molecule has 0 N–H and O–H groups in total. The number of halogens is 2. The number of anilines is 1. The zero-order valence-electron chi connectivity index (χ0n) is 11.1. The van der Waals surface area contributed by atoms with Gasteiger partial charge < -0.3 is 4.90 Å². The van der Waals surface area contributed by atoms with E-state index in [1.54, 1.807) is 6.07 Å². The third-order valence-corrected chi connectivity index (χ3v) is 4.57. The summed E-state index contributed by atoms with van der Waals surface area (Å²) in [6.07, 6.45) is 3.73. The summed E-state index contributed by atoms with van der Waals surface area (Å²) in [5.41, 5.74) is 1.86. The van der Waals surface area contributed by atoms with E-state index < -0.39 is 0 Å². The molecule has 0 saturated carbocycles. The Morgan fingerprint density at radius 2 is 2.00 bits per heavy atom. The molecule has 2 nitrogen and oxygen atoms in total. The summed E-state index contributed by atoms with van der Waals surface area (Å²) in [7, 11) is 0. The van der Waals surface area contributed by atoms with Gasteiger partial charge in [-0.1, -0.05) is 0 Å². The molecule has 1 aromatic carbocycles. The van der Waals surface area contributed by atoms with E-state index in [0.717, 1.165) is 30.8 Å². The molecule has 2 heterocycles. The fourth-order valence-electron chi connectivity index (χ4n) is 3.33. The number of rotatable bonds is 2. The molecule has 1 aromatic rings. The van der Waals surface area contributed by atoms with E-state index in [2.05, 4.69) is 9.80 Å². The van der Waals surface area contributed by atoms with Crippen molar-refractivity contribution in [3.8, 4) is 0 Å². The molecule has 2 fully saturated rings. The molecule has 4 heteroatoms. The first kappa shape index (κ1) is 13.2. The molecule has 0 spiro atoms. The molecule has 3 rings (SSSR count). The van der Waals surface area contributed by atoms with Gasteiger partial charge in [0.25, 0.3) is 0 Å². The monoisotopic (exact) mass is 282 g/mol. The molecule has 0 radical (unpaired) electrons. The Kier molecular flexibility index (Phi) is 3.94. The van der Waals surface area contributed by atoms with E-state index in [0.29, 0.717) is 11.9 Å². The van der Waals surface area contributed by atoms with Gasteiger partial charge in [0.15, 0.2) is 0 Å². The maximum atomic E-state index is 13.6. The van der Waals surface area contributed by atoms with Gasteiger partial charge in [-0.05, 0) is 49.6 Å². The number of fused-ring (bicyclic) bond motifs is 1. The first-order valence-electron chi connectivity index (χ1n) is 7.11. The summed E-state index contributed by atoms with van der Waals surface area (Å²) < 4.78 is 13.6. The lowest BCUT2D eigenvalue weighted by atomic mass is 10.1. The standard InChI is InChI=1S/C15H20ClFN2/c16-10-12-7-13(17)9-15(8-12)19-6-2-5-18-4-1-3-14(18)11-19/h7-9,14H,1-6,10-11H2. The number of hydrogen-bond donors (Lipinski definition) is 0. The van der Waals surface area contributed by atoms with Crippen LogP contribution in [0.1, 0.15) is 24.8 Å². The lowest BCUT2D eigenvalue weighted by Gasteiger charge is -2.27. The SMILES string of the molecule is Fc1cc(CCl)cc(N2CCCN3CCCC3C2)c1. The molecule has 0 aromatic heterocycles. The Bertz CT molecular complexity index is 452. The molecular formula is C15H20ClFN2. The van der Waals surface area contributed by atoms with Crippen molar-refractivity contribution in [2.24, 2.45) is 0 Å². The minimum Gasteiger partial charge on any atom is -0.370 e. The van der Waals surface area contributed by atoms with Crippen molar-refractivity contribution in [2.45, 2.75) is 31.2 Å². The van der Waals surface area contributed by atoms with Crippen LogP contribution in [0.3, 0.4) is 0 Å². The summed E-state index contributed by atoms with van der Waals surface area (Å²) in [6, 6.07) is 5.84. The molecule has 2 saturated heterocycles. The Balaban J connectivity index is 1.82. The van der Waals surface area contributed by atoms with Crippen LogP contribution < -0.4 is 4.90 Å². The summed E-state index contributed by atoms with van der Waals surface area (Å²) in [4.78, 5) is 4.91. The van der Waals surface area contributed by atoms with Crippen LogP contribution in [0.4, 0.5) is 10.1 Å². The van der Waals surface area contributed by atoms with Gasteiger partial charge in [0.1, 0.15) is 5.82 Å². The van der Waals surface area contributed by atoms with Gasteiger partial charge in [0.05, 0.1) is 0 Å². The highest BCUT2D eigenvalue weighted by Crippen LogP contribution is 2.26. The maximum absolute atomic E-state index is 13.6. The third-order valence-electron chi connectivity index (χ3n) is 4.27. The summed E-state index contributed by atoms with van der Waals surface area (Å²) in [5.74, 6) is 0.189.